The molecule has 0 saturated carbocycles. The van der Waals surface area contributed by atoms with Gasteiger partial charge in [0, 0.05) is 43.4 Å². The lowest BCUT2D eigenvalue weighted by atomic mass is 9.93. The van der Waals surface area contributed by atoms with Crippen LogP contribution in [0.2, 0.25) is 0 Å². The van der Waals surface area contributed by atoms with Gasteiger partial charge in [-0.15, -0.1) is 0 Å². The van der Waals surface area contributed by atoms with Crippen LogP contribution in [0.25, 0.3) is 11.3 Å². The molecule has 3 aliphatic heterocycles. The minimum absolute atomic E-state index is 0.164. The number of hydrogen-bond acceptors (Lipinski definition) is 6. The monoisotopic (exact) mass is 462 g/mol. The summed E-state index contributed by atoms with van der Waals surface area (Å²) in [5.74, 6) is -0.217. The number of rotatable bonds is 6. The van der Waals surface area contributed by atoms with E-state index < -0.39 is 11.9 Å². The lowest BCUT2D eigenvalue weighted by molar-refractivity contribution is -0.136. The second-order valence-corrected chi connectivity index (χ2v) is 9.55. The molecule has 8 nitrogen and oxygen atoms in total. The molecule has 0 aliphatic carbocycles. The standard InChI is InChI=1S/C26H30N4O4/c31-12-8-17-6-10-29(11-7-17)15-18-5-9-27-22(13-18)19-1-2-21-20(14-19)16-30(26(21)34)23-3-4-24(32)28-25(23)33/h1-2,5,9,13-14,17,23,31H,3-4,6-8,10-12,15-16H2,(H,28,32,33). The van der Waals surface area contributed by atoms with Crippen molar-refractivity contribution in [2.75, 3.05) is 19.7 Å². The van der Waals surface area contributed by atoms with Crippen LogP contribution in [0.5, 0.6) is 0 Å². The summed E-state index contributed by atoms with van der Waals surface area (Å²) in [4.78, 5) is 45.3. The third-order valence-corrected chi connectivity index (χ3v) is 7.29. The SMILES string of the molecule is O=C1CCC(N2Cc3cc(-c4cc(CN5CCC(CCO)CC5)ccn4)ccc3C2=O)C(=O)N1. The zero-order valence-electron chi connectivity index (χ0n) is 19.2. The molecular weight excluding hydrogens is 432 g/mol. The number of aliphatic hydroxyl groups excluding tert-OH is 1. The highest BCUT2D eigenvalue weighted by Gasteiger charge is 2.39. The predicted molar refractivity (Wildman–Crippen MR) is 125 cm³/mol. The fraction of sp³-hybridized carbons (Fsp3) is 0.462. The molecule has 5 rings (SSSR count). The van der Waals surface area contributed by atoms with E-state index in [9.17, 15) is 14.4 Å². The van der Waals surface area contributed by atoms with Gasteiger partial charge in [0.1, 0.15) is 6.04 Å². The van der Waals surface area contributed by atoms with Gasteiger partial charge in [0.05, 0.1) is 5.69 Å². The number of carbonyl (C=O) groups is 3. The van der Waals surface area contributed by atoms with Crippen molar-refractivity contribution in [3.8, 4) is 11.3 Å². The quantitative estimate of drug-likeness (QED) is 0.638. The summed E-state index contributed by atoms with van der Waals surface area (Å²) < 4.78 is 0. The first-order valence-electron chi connectivity index (χ1n) is 12.1. The first-order chi connectivity index (χ1) is 16.5. The van der Waals surface area contributed by atoms with Gasteiger partial charge in [0.2, 0.25) is 11.8 Å². The molecule has 2 aromatic rings. The smallest absolute Gasteiger partial charge is 0.255 e. The molecule has 2 saturated heterocycles. The Balaban J connectivity index is 1.28. The summed E-state index contributed by atoms with van der Waals surface area (Å²) >= 11 is 0. The van der Waals surface area contributed by atoms with Crippen molar-refractivity contribution < 1.29 is 19.5 Å². The molecule has 1 atom stereocenters. The highest BCUT2D eigenvalue weighted by molar-refractivity contribution is 6.05. The van der Waals surface area contributed by atoms with E-state index in [0.29, 0.717) is 24.4 Å². The molecule has 8 heteroatoms. The number of likely N-dealkylation sites (tertiary alicyclic amines) is 1. The van der Waals surface area contributed by atoms with Gasteiger partial charge in [0.15, 0.2) is 0 Å². The number of hydrogen-bond donors (Lipinski definition) is 2. The molecule has 1 aromatic carbocycles. The second-order valence-electron chi connectivity index (χ2n) is 9.55. The maximum absolute atomic E-state index is 12.9. The minimum Gasteiger partial charge on any atom is -0.396 e. The predicted octanol–water partition coefficient (Wildman–Crippen LogP) is 2.10. The molecule has 1 unspecified atom stereocenters. The number of carbonyl (C=O) groups excluding carboxylic acids is 3. The van der Waals surface area contributed by atoms with E-state index in [-0.39, 0.29) is 24.8 Å². The maximum atomic E-state index is 12.9. The normalized spacial score (nSPS) is 21.6. The van der Waals surface area contributed by atoms with Crippen molar-refractivity contribution in [3.63, 3.8) is 0 Å². The first-order valence-corrected chi connectivity index (χ1v) is 12.1. The second kappa shape index (κ2) is 9.64. The first kappa shape index (κ1) is 22.7. The van der Waals surface area contributed by atoms with Crippen molar-refractivity contribution in [2.24, 2.45) is 5.92 Å². The summed E-state index contributed by atoms with van der Waals surface area (Å²) in [6.45, 7) is 3.58. The number of amides is 3. The largest absolute Gasteiger partial charge is 0.396 e. The van der Waals surface area contributed by atoms with Crippen LogP contribution >= 0.6 is 0 Å². The van der Waals surface area contributed by atoms with Crippen LogP contribution in [-0.4, -0.2) is 63.4 Å². The molecule has 1 aromatic heterocycles. The van der Waals surface area contributed by atoms with Crippen LogP contribution in [0, 0.1) is 5.92 Å². The molecule has 3 aliphatic rings. The summed E-state index contributed by atoms with van der Waals surface area (Å²) in [6, 6.07) is 9.27. The average molecular weight is 463 g/mol. The van der Waals surface area contributed by atoms with Crippen molar-refractivity contribution in [2.45, 2.75) is 51.2 Å². The van der Waals surface area contributed by atoms with Gasteiger partial charge >= 0.3 is 0 Å². The van der Waals surface area contributed by atoms with E-state index in [1.807, 2.05) is 30.5 Å². The lowest BCUT2D eigenvalue weighted by Gasteiger charge is -2.31. The van der Waals surface area contributed by atoms with Gasteiger partial charge in [-0.25, -0.2) is 0 Å². The topological polar surface area (TPSA) is 103 Å². The Kier molecular flexibility index (Phi) is 6.43. The number of fused-ring (bicyclic) bond motifs is 1. The number of benzene rings is 1. The number of aliphatic hydroxyl groups is 1. The fourth-order valence-corrected chi connectivity index (χ4v) is 5.34. The Bertz CT molecular complexity index is 1110. The number of pyridine rings is 1. The van der Waals surface area contributed by atoms with Gasteiger partial charge in [-0.05, 0) is 80.1 Å². The number of nitrogens with one attached hydrogen (secondary N) is 1. The fourth-order valence-electron chi connectivity index (χ4n) is 5.34. The van der Waals surface area contributed by atoms with E-state index in [0.717, 1.165) is 55.7 Å². The van der Waals surface area contributed by atoms with Gasteiger partial charge in [-0.1, -0.05) is 6.07 Å². The highest BCUT2D eigenvalue weighted by Crippen LogP contribution is 2.31. The van der Waals surface area contributed by atoms with Gasteiger partial charge < -0.3 is 10.0 Å². The van der Waals surface area contributed by atoms with E-state index >= 15 is 0 Å². The molecule has 4 heterocycles. The Morgan fingerprint density at radius 1 is 1.06 bits per heavy atom. The zero-order valence-corrected chi connectivity index (χ0v) is 19.2. The molecule has 0 radical (unpaired) electrons. The van der Waals surface area contributed by atoms with Crippen LogP contribution in [0.1, 0.15) is 53.6 Å². The van der Waals surface area contributed by atoms with E-state index in [1.54, 1.807) is 4.90 Å². The zero-order chi connectivity index (χ0) is 23.7. The lowest BCUT2D eigenvalue weighted by Crippen LogP contribution is -2.52. The van der Waals surface area contributed by atoms with Gasteiger partial charge in [0.25, 0.3) is 5.91 Å². The molecule has 3 amide bonds. The number of nitrogens with zero attached hydrogens (tertiary/aromatic N) is 3. The third-order valence-electron chi connectivity index (χ3n) is 7.29. The molecule has 0 spiro atoms. The average Bonchev–Trinajstić information content (AvgIpc) is 3.16. The molecule has 2 fully saturated rings. The third kappa shape index (κ3) is 4.60. The number of imide groups is 1. The Morgan fingerprint density at radius 3 is 2.65 bits per heavy atom. The summed E-state index contributed by atoms with van der Waals surface area (Å²) in [5, 5.41) is 11.5. The highest BCUT2D eigenvalue weighted by atomic mass is 16.3. The number of piperidine rings is 2. The van der Waals surface area contributed by atoms with Crippen LogP contribution in [0.15, 0.2) is 36.5 Å². The maximum Gasteiger partial charge on any atom is 0.255 e. The van der Waals surface area contributed by atoms with Crippen LogP contribution in [0.3, 0.4) is 0 Å². The Labute approximate surface area is 199 Å². The Hall–Kier alpha value is -3.10. The van der Waals surface area contributed by atoms with Crippen molar-refractivity contribution in [1.82, 2.24) is 20.1 Å². The minimum atomic E-state index is -0.607. The Morgan fingerprint density at radius 2 is 1.88 bits per heavy atom. The van der Waals surface area contributed by atoms with E-state index in [2.05, 4.69) is 21.3 Å². The van der Waals surface area contributed by atoms with Crippen LogP contribution < -0.4 is 5.32 Å². The van der Waals surface area contributed by atoms with Crippen molar-refractivity contribution >= 4 is 17.7 Å². The van der Waals surface area contributed by atoms with Crippen molar-refractivity contribution in [1.29, 1.82) is 0 Å². The summed E-state index contributed by atoms with van der Waals surface area (Å²) in [6.07, 6.45) is 5.59. The molecular formula is C26H30N4O4. The molecule has 178 valence electrons. The van der Waals surface area contributed by atoms with E-state index in [1.165, 1.54) is 5.56 Å². The van der Waals surface area contributed by atoms with Gasteiger partial charge in [-0.3, -0.25) is 29.6 Å². The molecule has 34 heavy (non-hydrogen) atoms. The summed E-state index contributed by atoms with van der Waals surface area (Å²) in [7, 11) is 0. The molecule has 2 N–H and O–H groups in total. The van der Waals surface area contributed by atoms with Crippen molar-refractivity contribution in [3.05, 3.63) is 53.2 Å². The summed E-state index contributed by atoms with van der Waals surface area (Å²) in [5.41, 5.74) is 4.50. The van der Waals surface area contributed by atoms with Crippen LogP contribution in [0.4, 0.5) is 0 Å². The van der Waals surface area contributed by atoms with Gasteiger partial charge in [-0.2, -0.15) is 0 Å². The van der Waals surface area contributed by atoms with E-state index in [4.69, 9.17) is 5.11 Å². The van der Waals surface area contributed by atoms with Crippen LogP contribution in [-0.2, 0) is 22.7 Å². The number of aromatic nitrogens is 1. The molecule has 0 bridgehead atoms.